The van der Waals surface area contributed by atoms with Gasteiger partial charge in [0.05, 0.1) is 5.70 Å². The predicted octanol–water partition coefficient (Wildman–Crippen LogP) is 5.16. The van der Waals surface area contributed by atoms with Crippen molar-refractivity contribution in [2.45, 2.75) is 59.3 Å². The Morgan fingerprint density at radius 3 is 2.68 bits per heavy atom. The molecule has 118 valence electrons. The van der Waals surface area contributed by atoms with E-state index in [4.69, 9.17) is 4.99 Å². The molecule has 0 radical (unpaired) electrons. The van der Waals surface area contributed by atoms with Crippen LogP contribution in [0.1, 0.15) is 64.9 Å². The maximum absolute atomic E-state index is 4.70. The highest BCUT2D eigenvalue weighted by Crippen LogP contribution is 2.27. The van der Waals surface area contributed by atoms with Gasteiger partial charge in [0.2, 0.25) is 0 Å². The zero-order valence-electron chi connectivity index (χ0n) is 14.0. The van der Waals surface area contributed by atoms with E-state index in [1.165, 1.54) is 36.8 Å². The van der Waals surface area contributed by atoms with E-state index in [-0.39, 0.29) is 0 Å². The average molecular weight is 297 g/mol. The number of nitrogens with zero attached hydrogens (tertiary/aromatic N) is 2. The lowest BCUT2D eigenvalue weighted by molar-refractivity contribution is 0.681. The van der Waals surface area contributed by atoms with Crippen molar-refractivity contribution in [2.24, 2.45) is 10.1 Å². The molecule has 3 heteroatoms. The summed E-state index contributed by atoms with van der Waals surface area (Å²) >= 11 is 0. The summed E-state index contributed by atoms with van der Waals surface area (Å²) in [6.45, 7) is 6.47. The second kappa shape index (κ2) is 8.52. The summed E-state index contributed by atoms with van der Waals surface area (Å²) in [5.41, 5.74) is 7.86. The molecule has 1 N–H and O–H groups in total. The van der Waals surface area contributed by atoms with E-state index in [0.717, 1.165) is 30.1 Å². The molecular weight excluding hydrogens is 270 g/mol. The van der Waals surface area contributed by atoms with Crippen molar-refractivity contribution < 1.29 is 0 Å². The zero-order valence-corrected chi connectivity index (χ0v) is 14.0. The molecule has 2 rings (SSSR count). The summed E-state index contributed by atoms with van der Waals surface area (Å²) in [5.74, 6) is 0.948. The van der Waals surface area contributed by atoms with Crippen LogP contribution in [0.4, 0.5) is 0 Å². The van der Waals surface area contributed by atoms with E-state index < -0.39 is 0 Å². The Hall–Kier alpha value is -1.90. The fourth-order valence-corrected chi connectivity index (χ4v) is 2.60. The van der Waals surface area contributed by atoms with Crippen LogP contribution in [0.2, 0.25) is 0 Å². The highest BCUT2D eigenvalue weighted by atomic mass is 15.3. The van der Waals surface area contributed by atoms with Gasteiger partial charge in [-0.1, -0.05) is 56.5 Å². The molecule has 0 atom stereocenters. The average Bonchev–Trinajstić information content (AvgIpc) is 2.91. The smallest absolute Gasteiger partial charge is 0.127 e. The first-order valence-corrected chi connectivity index (χ1v) is 8.32. The van der Waals surface area contributed by atoms with Crippen LogP contribution in [0.5, 0.6) is 0 Å². The molecule has 0 spiro atoms. The second-order valence-corrected chi connectivity index (χ2v) is 6.00. The molecule has 1 aliphatic heterocycles. The minimum atomic E-state index is 0.858. The quantitative estimate of drug-likeness (QED) is 0.421. The maximum atomic E-state index is 4.70. The van der Waals surface area contributed by atoms with Crippen molar-refractivity contribution in [2.75, 3.05) is 0 Å². The molecule has 3 nitrogen and oxygen atoms in total. The van der Waals surface area contributed by atoms with E-state index in [9.17, 15) is 0 Å². The number of rotatable bonds is 7. The third kappa shape index (κ3) is 4.83. The summed E-state index contributed by atoms with van der Waals surface area (Å²) in [6, 6.07) is 10.3. The fraction of sp³-hybridized carbons (Fsp3) is 0.474. The van der Waals surface area contributed by atoms with Gasteiger partial charge in [0.15, 0.2) is 0 Å². The van der Waals surface area contributed by atoms with Crippen molar-refractivity contribution in [1.82, 2.24) is 5.43 Å². The minimum absolute atomic E-state index is 0.858. The van der Waals surface area contributed by atoms with Crippen LogP contribution in [0.15, 0.2) is 46.0 Å². The van der Waals surface area contributed by atoms with Crippen LogP contribution in [0, 0.1) is 0 Å². The number of nitrogens with one attached hydrogen (secondary N) is 1. The summed E-state index contributed by atoms with van der Waals surface area (Å²) in [5, 5.41) is 4.48. The second-order valence-electron chi connectivity index (χ2n) is 6.00. The highest BCUT2D eigenvalue weighted by Gasteiger charge is 2.15. The molecule has 22 heavy (non-hydrogen) atoms. The topological polar surface area (TPSA) is 36.8 Å². The molecule has 0 saturated carbocycles. The Morgan fingerprint density at radius 1 is 1.18 bits per heavy atom. The van der Waals surface area contributed by atoms with Crippen molar-refractivity contribution >= 4 is 17.2 Å². The molecule has 0 bridgehead atoms. The van der Waals surface area contributed by atoms with Gasteiger partial charge in [-0.2, -0.15) is 5.10 Å². The van der Waals surface area contributed by atoms with E-state index >= 15 is 0 Å². The molecular formula is C19H27N3. The molecule has 0 fully saturated rings. The molecule has 1 aromatic rings. The molecule has 0 aliphatic carbocycles. The van der Waals surface area contributed by atoms with E-state index in [1.807, 2.05) is 6.07 Å². The Labute approximate surface area is 134 Å². The van der Waals surface area contributed by atoms with Gasteiger partial charge in [0.1, 0.15) is 5.84 Å². The summed E-state index contributed by atoms with van der Waals surface area (Å²) in [6.07, 6.45) is 7.04. The lowest BCUT2D eigenvalue weighted by Gasteiger charge is -2.03. The van der Waals surface area contributed by atoms with Gasteiger partial charge in [0, 0.05) is 17.7 Å². The molecule has 0 aromatic heterocycles. The monoisotopic (exact) mass is 297 g/mol. The molecule has 1 aliphatic rings. The van der Waals surface area contributed by atoms with Gasteiger partial charge < -0.3 is 0 Å². The largest absolute Gasteiger partial charge is 0.265 e. The van der Waals surface area contributed by atoms with E-state index in [0.29, 0.717) is 0 Å². The Balaban J connectivity index is 1.88. The zero-order chi connectivity index (χ0) is 15.8. The molecule has 0 amide bonds. The molecule has 0 saturated heterocycles. The minimum Gasteiger partial charge on any atom is -0.265 e. The standard InChI is InChI=1S/C19H27N3/c1-4-5-6-8-11-16(3)21-22-18-14-15(2)19(20-18)17-12-9-7-10-13-17/h7,9-10,12-13H,4-6,8,11,14H2,1-3H3,(H,20,22)/b21-16-. The van der Waals surface area contributed by atoms with Crippen LogP contribution < -0.4 is 5.43 Å². The summed E-state index contributed by atoms with van der Waals surface area (Å²) < 4.78 is 0. The molecule has 1 heterocycles. The van der Waals surface area contributed by atoms with Crippen LogP contribution in [-0.4, -0.2) is 11.5 Å². The first kappa shape index (κ1) is 16.5. The third-order valence-electron chi connectivity index (χ3n) is 3.90. The van der Waals surface area contributed by atoms with Gasteiger partial charge in [-0.25, -0.2) is 4.99 Å². The van der Waals surface area contributed by atoms with Crippen LogP contribution in [-0.2, 0) is 0 Å². The predicted molar refractivity (Wildman–Crippen MR) is 96.1 cm³/mol. The first-order chi connectivity index (χ1) is 10.7. The number of hydrogen-bond acceptors (Lipinski definition) is 3. The van der Waals surface area contributed by atoms with Crippen molar-refractivity contribution in [3.63, 3.8) is 0 Å². The van der Waals surface area contributed by atoms with Gasteiger partial charge in [-0.3, -0.25) is 5.43 Å². The number of hydrazone groups is 1. The lowest BCUT2D eigenvalue weighted by atomic mass is 10.1. The first-order valence-electron chi connectivity index (χ1n) is 8.32. The van der Waals surface area contributed by atoms with Gasteiger partial charge in [0.25, 0.3) is 0 Å². The Morgan fingerprint density at radius 2 is 1.95 bits per heavy atom. The Kier molecular flexibility index (Phi) is 6.38. The number of aliphatic imine (C=N–C) groups is 1. The van der Waals surface area contributed by atoms with Gasteiger partial charge in [-0.05, 0) is 32.3 Å². The number of benzene rings is 1. The summed E-state index contributed by atoms with van der Waals surface area (Å²) in [4.78, 5) is 4.70. The number of amidine groups is 1. The third-order valence-corrected chi connectivity index (χ3v) is 3.90. The molecule has 0 unspecified atom stereocenters. The van der Waals surface area contributed by atoms with Gasteiger partial charge >= 0.3 is 0 Å². The van der Waals surface area contributed by atoms with E-state index in [2.05, 4.69) is 55.6 Å². The van der Waals surface area contributed by atoms with Crippen molar-refractivity contribution in [1.29, 1.82) is 0 Å². The van der Waals surface area contributed by atoms with Crippen molar-refractivity contribution in [3.8, 4) is 0 Å². The lowest BCUT2D eigenvalue weighted by Crippen LogP contribution is -2.17. The van der Waals surface area contributed by atoms with Gasteiger partial charge in [-0.15, -0.1) is 0 Å². The normalized spacial score (nSPS) is 15.2. The van der Waals surface area contributed by atoms with Crippen LogP contribution in [0.3, 0.4) is 0 Å². The van der Waals surface area contributed by atoms with E-state index in [1.54, 1.807) is 0 Å². The molecule has 1 aromatic carbocycles. The summed E-state index contributed by atoms with van der Waals surface area (Å²) in [7, 11) is 0. The van der Waals surface area contributed by atoms with Crippen LogP contribution in [0.25, 0.3) is 5.70 Å². The van der Waals surface area contributed by atoms with Crippen LogP contribution >= 0.6 is 0 Å². The SMILES string of the molecule is CCCCCC/C(C)=N\NC1=NC(c2ccccc2)=C(C)C1. The number of unbranched alkanes of at least 4 members (excludes halogenated alkanes) is 3. The maximum Gasteiger partial charge on any atom is 0.127 e. The van der Waals surface area contributed by atoms with Crippen molar-refractivity contribution in [3.05, 3.63) is 41.5 Å². The fourth-order valence-electron chi connectivity index (χ4n) is 2.60. The number of hydrogen-bond donors (Lipinski definition) is 1. The highest BCUT2D eigenvalue weighted by molar-refractivity contribution is 5.96. The Bertz CT molecular complexity index is 568.